The first-order chi connectivity index (χ1) is 10.6. The summed E-state index contributed by atoms with van der Waals surface area (Å²) in [5.74, 6) is -0.412. The van der Waals surface area contributed by atoms with Crippen molar-refractivity contribution < 1.29 is 9.63 Å². The number of carbonyl (C=O) groups excluding carboxylic acids is 1. The number of hydrogen-bond donors (Lipinski definition) is 1. The minimum absolute atomic E-state index is 0.250. The first kappa shape index (κ1) is 16.6. The number of anilines is 1. The van der Waals surface area contributed by atoms with E-state index in [9.17, 15) is 4.79 Å². The topological polar surface area (TPSA) is 50.7 Å². The number of nitrogens with one attached hydrogen (secondary N) is 1. The van der Waals surface area contributed by atoms with Crippen LogP contribution >= 0.6 is 34.8 Å². The van der Waals surface area contributed by atoms with Crippen molar-refractivity contribution >= 4 is 52.6 Å². The normalized spacial score (nSPS) is 10.7. The molecule has 0 heterocycles. The van der Waals surface area contributed by atoms with Gasteiger partial charge in [0.1, 0.15) is 0 Å². The van der Waals surface area contributed by atoms with Crippen molar-refractivity contribution in [2.24, 2.45) is 5.16 Å². The molecule has 22 heavy (non-hydrogen) atoms. The Balaban J connectivity index is 1.86. The zero-order valence-electron chi connectivity index (χ0n) is 11.2. The van der Waals surface area contributed by atoms with Crippen LogP contribution in [0.2, 0.25) is 15.1 Å². The summed E-state index contributed by atoms with van der Waals surface area (Å²) in [5.41, 5.74) is 1.23. The minimum Gasteiger partial charge on any atom is -0.386 e. The lowest BCUT2D eigenvalue weighted by Crippen LogP contribution is -2.17. The van der Waals surface area contributed by atoms with Gasteiger partial charge in [0.05, 0.1) is 27.0 Å². The number of hydrogen-bond acceptors (Lipinski definition) is 3. The van der Waals surface area contributed by atoms with E-state index in [2.05, 4.69) is 10.5 Å². The Morgan fingerprint density at radius 3 is 2.50 bits per heavy atom. The van der Waals surface area contributed by atoms with Crippen LogP contribution in [0.5, 0.6) is 0 Å². The van der Waals surface area contributed by atoms with Gasteiger partial charge in [-0.3, -0.25) is 4.79 Å². The van der Waals surface area contributed by atoms with Gasteiger partial charge < -0.3 is 10.2 Å². The van der Waals surface area contributed by atoms with Gasteiger partial charge in [0.15, 0.2) is 6.61 Å². The Morgan fingerprint density at radius 1 is 1.09 bits per heavy atom. The molecule has 0 unspecified atom stereocenters. The molecule has 0 radical (unpaired) electrons. The molecule has 0 aliphatic heterocycles. The van der Waals surface area contributed by atoms with E-state index in [1.807, 2.05) is 30.3 Å². The van der Waals surface area contributed by atoms with Crippen molar-refractivity contribution in [3.63, 3.8) is 0 Å². The van der Waals surface area contributed by atoms with Gasteiger partial charge >= 0.3 is 0 Å². The van der Waals surface area contributed by atoms with Gasteiger partial charge in [-0.15, -0.1) is 0 Å². The number of benzene rings is 2. The van der Waals surface area contributed by atoms with Crippen molar-refractivity contribution in [2.45, 2.75) is 0 Å². The number of nitrogens with zero attached hydrogens (tertiary/aromatic N) is 1. The molecular formula is C15H11Cl3N2O2. The third-order valence-electron chi connectivity index (χ3n) is 2.56. The van der Waals surface area contributed by atoms with Crippen molar-refractivity contribution in [1.29, 1.82) is 0 Å². The molecule has 0 aliphatic carbocycles. The summed E-state index contributed by atoms with van der Waals surface area (Å²) in [4.78, 5) is 16.6. The average molecular weight is 358 g/mol. The van der Waals surface area contributed by atoms with Crippen LogP contribution in [0.4, 0.5) is 5.69 Å². The second-order valence-corrected chi connectivity index (χ2v) is 5.43. The molecule has 1 N–H and O–H groups in total. The summed E-state index contributed by atoms with van der Waals surface area (Å²) in [7, 11) is 0. The Kier molecular flexibility index (Phi) is 6.07. The molecular weight excluding hydrogens is 347 g/mol. The minimum atomic E-state index is -0.412. The lowest BCUT2D eigenvalue weighted by molar-refractivity contribution is -0.120. The second-order valence-electron chi connectivity index (χ2n) is 4.21. The van der Waals surface area contributed by atoms with E-state index in [1.165, 1.54) is 18.3 Å². The Bertz CT molecular complexity index is 691. The average Bonchev–Trinajstić information content (AvgIpc) is 2.50. The maximum atomic E-state index is 11.7. The van der Waals surface area contributed by atoms with E-state index in [1.54, 1.807) is 0 Å². The van der Waals surface area contributed by atoms with E-state index in [0.717, 1.165) is 5.56 Å². The Hall–Kier alpha value is -1.75. The van der Waals surface area contributed by atoms with E-state index in [-0.39, 0.29) is 11.6 Å². The number of amides is 1. The standard InChI is InChI=1S/C15H11Cl3N2O2/c16-11-6-13(18)14(7-12(11)17)20-15(21)9-22-19-8-10-4-2-1-3-5-10/h1-8H,9H2,(H,20,21)/b19-8-. The van der Waals surface area contributed by atoms with Gasteiger partial charge in [-0.05, 0) is 17.7 Å². The largest absolute Gasteiger partial charge is 0.386 e. The summed E-state index contributed by atoms with van der Waals surface area (Å²) in [6, 6.07) is 12.3. The fourth-order valence-corrected chi connectivity index (χ4v) is 2.13. The molecule has 2 aromatic carbocycles. The highest BCUT2D eigenvalue weighted by Gasteiger charge is 2.09. The van der Waals surface area contributed by atoms with Crippen molar-refractivity contribution in [1.82, 2.24) is 0 Å². The molecule has 0 fully saturated rings. The molecule has 0 saturated heterocycles. The van der Waals surface area contributed by atoms with E-state index in [4.69, 9.17) is 39.6 Å². The predicted molar refractivity (Wildman–Crippen MR) is 90.1 cm³/mol. The highest BCUT2D eigenvalue weighted by atomic mass is 35.5. The number of carbonyl (C=O) groups is 1. The molecule has 0 aliphatic rings. The molecule has 2 aromatic rings. The van der Waals surface area contributed by atoms with Crippen LogP contribution in [0.1, 0.15) is 5.56 Å². The first-order valence-electron chi connectivity index (χ1n) is 6.21. The fourth-order valence-electron chi connectivity index (χ4n) is 1.54. The second kappa shape index (κ2) is 8.03. The van der Waals surface area contributed by atoms with Crippen LogP contribution in [0.3, 0.4) is 0 Å². The quantitative estimate of drug-likeness (QED) is 0.481. The summed E-state index contributed by atoms with van der Waals surface area (Å²) < 4.78 is 0. The third kappa shape index (κ3) is 4.91. The number of oxime groups is 1. The molecule has 0 atom stereocenters. The summed E-state index contributed by atoms with van der Waals surface area (Å²) in [5, 5.41) is 7.17. The molecule has 0 aromatic heterocycles. The number of rotatable bonds is 5. The predicted octanol–water partition coefficient (Wildman–Crippen LogP) is 4.64. The van der Waals surface area contributed by atoms with E-state index in [0.29, 0.717) is 15.7 Å². The molecule has 4 nitrogen and oxygen atoms in total. The molecule has 1 amide bonds. The lowest BCUT2D eigenvalue weighted by atomic mass is 10.2. The van der Waals surface area contributed by atoms with Gasteiger partial charge in [0, 0.05) is 0 Å². The lowest BCUT2D eigenvalue weighted by Gasteiger charge is -2.08. The van der Waals surface area contributed by atoms with Gasteiger partial charge in [-0.1, -0.05) is 70.3 Å². The molecule has 114 valence electrons. The smallest absolute Gasteiger partial charge is 0.265 e. The molecule has 0 saturated carbocycles. The Morgan fingerprint density at radius 2 is 1.77 bits per heavy atom. The maximum Gasteiger partial charge on any atom is 0.265 e. The third-order valence-corrected chi connectivity index (χ3v) is 3.59. The van der Waals surface area contributed by atoms with Crippen LogP contribution < -0.4 is 5.32 Å². The van der Waals surface area contributed by atoms with Crippen LogP contribution in [-0.2, 0) is 9.63 Å². The van der Waals surface area contributed by atoms with Crippen LogP contribution in [0.15, 0.2) is 47.6 Å². The summed E-state index contributed by atoms with van der Waals surface area (Å²) >= 11 is 17.6. The van der Waals surface area contributed by atoms with Gasteiger partial charge in [0.25, 0.3) is 5.91 Å². The van der Waals surface area contributed by atoms with Gasteiger partial charge in [-0.25, -0.2) is 0 Å². The van der Waals surface area contributed by atoms with Crippen molar-refractivity contribution in [2.75, 3.05) is 11.9 Å². The highest BCUT2D eigenvalue weighted by molar-refractivity contribution is 6.44. The van der Waals surface area contributed by atoms with Crippen LogP contribution in [0.25, 0.3) is 0 Å². The first-order valence-corrected chi connectivity index (χ1v) is 7.34. The van der Waals surface area contributed by atoms with Crippen LogP contribution in [0, 0.1) is 0 Å². The summed E-state index contributed by atoms with van der Waals surface area (Å²) in [6.07, 6.45) is 1.51. The zero-order valence-corrected chi connectivity index (χ0v) is 13.5. The van der Waals surface area contributed by atoms with Gasteiger partial charge in [0.2, 0.25) is 0 Å². The SMILES string of the molecule is O=C(CO/N=C\c1ccccc1)Nc1cc(Cl)c(Cl)cc1Cl. The van der Waals surface area contributed by atoms with E-state index < -0.39 is 5.91 Å². The maximum absolute atomic E-state index is 11.7. The monoisotopic (exact) mass is 356 g/mol. The Labute approximate surface area is 142 Å². The van der Waals surface area contributed by atoms with Gasteiger partial charge in [-0.2, -0.15) is 0 Å². The van der Waals surface area contributed by atoms with Crippen molar-refractivity contribution in [3.05, 3.63) is 63.1 Å². The van der Waals surface area contributed by atoms with E-state index >= 15 is 0 Å². The highest BCUT2D eigenvalue weighted by Crippen LogP contribution is 2.32. The molecule has 0 spiro atoms. The fraction of sp³-hybridized carbons (Fsp3) is 0.0667. The van der Waals surface area contributed by atoms with Crippen molar-refractivity contribution in [3.8, 4) is 0 Å². The van der Waals surface area contributed by atoms with Crippen LogP contribution in [-0.4, -0.2) is 18.7 Å². The number of halogens is 3. The zero-order chi connectivity index (χ0) is 15.9. The molecule has 2 rings (SSSR count). The molecule has 7 heteroatoms. The molecule has 0 bridgehead atoms. The summed E-state index contributed by atoms with van der Waals surface area (Å²) in [6.45, 7) is -0.250.